The second-order valence-corrected chi connectivity index (χ2v) is 7.59. The minimum absolute atomic E-state index is 0.100. The first-order valence-corrected chi connectivity index (χ1v) is 9.70. The molecule has 4 rings (SSSR count). The van der Waals surface area contributed by atoms with Crippen molar-refractivity contribution in [2.75, 3.05) is 49.2 Å². The van der Waals surface area contributed by atoms with E-state index in [1.165, 1.54) is 6.33 Å². The molecule has 2 aliphatic heterocycles. The minimum atomic E-state index is -0.428. The molecule has 0 spiro atoms. The monoisotopic (exact) mass is 362 g/mol. The SMILES string of the molecule is Cc1nc2ncnn2c(N2CCOC(C(=O)N3CCSCC3)C2)c1C. The number of rotatable bonds is 2. The van der Waals surface area contributed by atoms with Gasteiger partial charge in [-0.15, -0.1) is 0 Å². The number of aromatic nitrogens is 4. The van der Waals surface area contributed by atoms with Crippen LogP contribution in [-0.4, -0.2) is 80.8 Å². The van der Waals surface area contributed by atoms with Gasteiger partial charge in [0.1, 0.15) is 12.1 Å². The average Bonchev–Trinajstić information content (AvgIpc) is 3.10. The number of hydrogen-bond acceptors (Lipinski definition) is 7. The maximum absolute atomic E-state index is 12.8. The number of thioether (sulfide) groups is 1. The fourth-order valence-corrected chi connectivity index (χ4v) is 4.27. The van der Waals surface area contributed by atoms with Crippen molar-refractivity contribution in [3.63, 3.8) is 0 Å². The molecule has 1 amide bonds. The van der Waals surface area contributed by atoms with E-state index < -0.39 is 6.10 Å². The van der Waals surface area contributed by atoms with Gasteiger partial charge < -0.3 is 14.5 Å². The van der Waals surface area contributed by atoms with Crippen LogP contribution >= 0.6 is 11.8 Å². The van der Waals surface area contributed by atoms with E-state index in [0.29, 0.717) is 18.9 Å². The molecule has 4 heterocycles. The van der Waals surface area contributed by atoms with E-state index in [2.05, 4.69) is 20.0 Å². The maximum Gasteiger partial charge on any atom is 0.254 e. The molecule has 0 aliphatic carbocycles. The molecule has 2 aromatic rings. The lowest BCUT2D eigenvalue weighted by molar-refractivity contribution is -0.144. The third-order valence-corrected chi connectivity index (χ3v) is 5.78. The summed E-state index contributed by atoms with van der Waals surface area (Å²) in [5, 5.41) is 4.32. The summed E-state index contributed by atoms with van der Waals surface area (Å²) >= 11 is 1.90. The Labute approximate surface area is 150 Å². The molecule has 1 atom stereocenters. The van der Waals surface area contributed by atoms with Gasteiger partial charge in [-0.25, -0.2) is 4.98 Å². The first-order valence-electron chi connectivity index (χ1n) is 8.55. The predicted octanol–water partition coefficient (Wildman–Crippen LogP) is 0.522. The summed E-state index contributed by atoms with van der Waals surface area (Å²) < 4.78 is 7.56. The number of carbonyl (C=O) groups is 1. The van der Waals surface area contributed by atoms with Crippen molar-refractivity contribution in [2.24, 2.45) is 0 Å². The first kappa shape index (κ1) is 16.6. The van der Waals surface area contributed by atoms with Crippen LogP contribution in [-0.2, 0) is 9.53 Å². The van der Waals surface area contributed by atoms with Crippen molar-refractivity contribution in [2.45, 2.75) is 20.0 Å². The second kappa shape index (κ2) is 6.80. The normalized spacial score (nSPS) is 21.8. The molecule has 0 bridgehead atoms. The van der Waals surface area contributed by atoms with Crippen molar-refractivity contribution in [1.29, 1.82) is 0 Å². The standard InChI is InChI=1S/C16H22N6O2S/c1-11-12(2)19-16-17-10-18-22(16)14(11)21-3-6-24-13(9-21)15(23)20-4-7-25-8-5-20/h10,13H,3-9H2,1-2H3. The Balaban J connectivity index is 1.60. The van der Waals surface area contributed by atoms with Crippen molar-refractivity contribution in [1.82, 2.24) is 24.5 Å². The van der Waals surface area contributed by atoms with Gasteiger partial charge in [0.15, 0.2) is 6.10 Å². The van der Waals surface area contributed by atoms with Crippen LogP contribution in [0.1, 0.15) is 11.3 Å². The topological polar surface area (TPSA) is 75.9 Å². The number of hydrogen-bond donors (Lipinski definition) is 0. The predicted molar refractivity (Wildman–Crippen MR) is 96.1 cm³/mol. The third kappa shape index (κ3) is 3.06. The summed E-state index contributed by atoms with van der Waals surface area (Å²) in [6, 6.07) is 0. The highest BCUT2D eigenvalue weighted by Crippen LogP contribution is 2.25. The van der Waals surface area contributed by atoms with Gasteiger partial charge in [-0.2, -0.15) is 26.4 Å². The molecule has 8 nitrogen and oxygen atoms in total. The minimum Gasteiger partial charge on any atom is -0.365 e. The molecule has 9 heteroatoms. The van der Waals surface area contributed by atoms with E-state index in [1.807, 2.05) is 30.5 Å². The number of amides is 1. The van der Waals surface area contributed by atoms with Crippen LogP contribution in [0.2, 0.25) is 0 Å². The van der Waals surface area contributed by atoms with E-state index in [4.69, 9.17) is 4.74 Å². The molecule has 0 radical (unpaired) electrons. The first-order chi connectivity index (χ1) is 12.1. The van der Waals surface area contributed by atoms with Gasteiger partial charge in [-0.1, -0.05) is 0 Å². The molecule has 134 valence electrons. The van der Waals surface area contributed by atoms with Gasteiger partial charge in [0, 0.05) is 42.4 Å². The lowest BCUT2D eigenvalue weighted by Gasteiger charge is -2.37. The number of aryl methyl sites for hydroxylation is 1. The van der Waals surface area contributed by atoms with Gasteiger partial charge in [-0.05, 0) is 13.8 Å². The molecule has 0 aromatic carbocycles. The molecule has 2 aromatic heterocycles. The zero-order valence-electron chi connectivity index (χ0n) is 14.5. The van der Waals surface area contributed by atoms with Crippen molar-refractivity contribution in [3.8, 4) is 0 Å². The van der Waals surface area contributed by atoms with E-state index in [-0.39, 0.29) is 5.91 Å². The van der Waals surface area contributed by atoms with Gasteiger partial charge in [0.25, 0.3) is 11.7 Å². The summed E-state index contributed by atoms with van der Waals surface area (Å²) in [6.45, 7) is 7.40. The Morgan fingerprint density at radius 1 is 1.28 bits per heavy atom. The van der Waals surface area contributed by atoms with Crippen LogP contribution in [0.25, 0.3) is 5.78 Å². The highest BCUT2D eigenvalue weighted by molar-refractivity contribution is 7.99. The number of morpholine rings is 1. The summed E-state index contributed by atoms with van der Waals surface area (Å²) in [6.07, 6.45) is 1.09. The fraction of sp³-hybridized carbons (Fsp3) is 0.625. The molecule has 25 heavy (non-hydrogen) atoms. The van der Waals surface area contributed by atoms with Gasteiger partial charge in [0.2, 0.25) is 0 Å². The Morgan fingerprint density at radius 2 is 2.08 bits per heavy atom. The van der Waals surface area contributed by atoms with Gasteiger partial charge in [0.05, 0.1) is 13.2 Å². The van der Waals surface area contributed by atoms with Crippen molar-refractivity contribution in [3.05, 3.63) is 17.6 Å². The molecule has 2 saturated heterocycles. The van der Waals surface area contributed by atoms with E-state index in [9.17, 15) is 4.79 Å². The molecule has 0 saturated carbocycles. The molecular formula is C16H22N6O2S. The molecule has 2 fully saturated rings. The summed E-state index contributed by atoms with van der Waals surface area (Å²) in [5.74, 6) is 3.65. The number of anilines is 1. The summed E-state index contributed by atoms with van der Waals surface area (Å²) in [5.41, 5.74) is 1.98. The van der Waals surface area contributed by atoms with Crippen LogP contribution in [0.15, 0.2) is 6.33 Å². The highest BCUT2D eigenvalue weighted by atomic mass is 32.2. The van der Waals surface area contributed by atoms with E-state index in [1.54, 1.807) is 4.52 Å². The lowest BCUT2D eigenvalue weighted by Crippen LogP contribution is -2.53. The number of carbonyl (C=O) groups excluding carboxylic acids is 1. The van der Waals surface area contributed by atoms with Crippen LogP contribution in [0, 0.1) is 13.8 Å². The zero-order chi connectivity index (χ0) is 17.4. The van der Waals surface area contributed by atoms with Gasteiger partial charge >= 0.3 is 0 Å². The van der Waals surface area contributed by atoms with Crippen molar-refractivity contribution >= 4 is 29.3 Å². The highest BCUT2D eigenvalue weighted by Gasteiger charge is 2.32. The molecular weight excluding hydrogens is 340 g/mol. The quantitative estimate of drug-likeness (QED) is 0.771. The third-order valence-electron chi connectivity index (χ3n) is 4.84. The van der Waals surface area contributed by atoms with E-state index in [0.717, 1.165) is 48.2 Å². The Morgan fingerprint density at radius 3 is 2.88 bits per heavy atom. The fourth-order valence-electron chi connectivity index (χ4n) is 3.37. The van der Waals surface area contributed by atoms with Crippen LogP contribution in [0.4, 0.5) is 5.82 Å². The van der Waals surface area contributed by atoms with E-state index >= 15 is 0 Å². The summed E-state index contributed by atoms with van der Waals surface area (Å²) in [7, 11) is 0. The molecule has 0 N–H and O–H groups in total. The number of nitrogens with zero attached hydrogens (tertiary/aromatic N) is 6. The number of fused-ring (bicyclic) bond motifs is 1. The maximum atomic E-state index is 12.8. The summed E-state index contributed by atoms with van der Waals surface area (Å²) in [4.78, 5) is 25.6. The Kier molecular flexibility index (Phi) is 4.51. The largest absolute Gasteiger partial charge is 0.365 e. The van der Waals surface area contributed by atoms with Crippen molar-refractivity contribution < 1.29 is 9.53 Å². The van der Waals surface area contributed by atoms with Gasteiger partial charge in [-0.3, -0.25) is 4.79 Å². The molecule has 2 aliphatic rings. The van der Waals surface area contributed by atoms with Crippen LogP contribution in [0.5, 0.6) is 0 Å². The number of ether oxygens (including phenoxy) is 1. The Hall–Kier alpha value is -1.87. The van der Waals surface area contributed by atoms with Crippen LogP contribution in [0.3, 0.4) is 0 Å². The molecule has 1 unspecified atom stereocenters. The average molecular weight is 362 g/mol. The lowest BCUT2D eigenvalue weighted by atomic mass is 10.2. The zero-order valence-corrected chi connectivity index (χ0v) is 15.3. The second-order valence-electron chi connectivity index (χ2n) is 6.36. The van der Waals surface area contributed by atoms with Crippen LogP contribution < -0.4 is 4.90 Å². The Bertz CT molecular complexity index is 788. The smallest absolute Gasteiger partial charge is 0.254 e.